The molecule has 0 bridgehead atoms. The van der Waals surface area contributed by atoms with E-state index in [2.05, 4.69) is 24.1 Å². The number of methoxy groups -OCH3 is 1. The van der Waals surface area contributed by atoms with E-state index in [9.17, 15) is 4.79 Å². The smallest absolute Gasteiger partial charge is 0.234 e. The number of nitrogens with zero attached hydrogens (tertiary/aromatic N) is 2. The number of nitrogens with one attached hydrogen (secondary N) is 1. The van der Waals surface area contributed by atoms with Gasteiger partial charge in [-0.1, -0.05) is 18.2 Å². The van der Waals surface area contributed by atoms with Crippen molar-refractivity contribution in [2.24, 2.45) is 0 Å². The zero-order valence-corrected chi connectivity index (χ0v) is 15.7. The summed E-state index contributed by atoms with van der Waals surface area (Å²) in [5.74, 6) is 0.771. The van der Waals surface area contributed by atoms with E-state index >= 15 is 0 Å². The minimum atomic E-state index is -0.0140. The molecule has 1 unspecified atom stereocenters. The Balaban J connectivity index is 1.90. The molecule has 1 heterocycles. The van der Waals surface area contributed by atoms with Crippen molar-refractivity contribution in [3.8, 4) is 5.75 Å². The van der Waals surface area contributed by atoms with Gasteiger partial charge in [-0.3, -0.25) is 9.69 Å². The van der Waals surface area contributed by atoms with Gasteiger partial charge in [0.05, 0.1) is 30.4 Å². The summed E-state index contributed by atoms with van der Waals surface area (Å²) in [5.41, 5.74) is 2.02. The van der Waals surface area contributed by atoms with E-state index in [1.165, 1.54) is 4.88 Å². The Morgan fingerprint density at radius 2 is 2.08 bits per heavy atom. The van der Waals surface area contributed by atoms with Gasteiger partial charge in [-0.2, -0.15) is 0 Å². The van der Waals surface area contributed by atoms with Crippen LogP contribution in [0, 0.1) is 13.8 Å². The van der Waals surface area contributed by atoms with Gasteiger partial charge in [0.2, 0.25) is 5.91 Å². The summed E-state index contributed by atoms with van der Waals surface area (Å²) >= 11 is 1.69. The first-order chi connectivity index (χ1) is 11.4. The molecule has 5 nitrogen and oxygen atoms in total. The van der Waals surface area contributed by atoms with Crippen LogP contribution in [0.4, 0.5) is 0 Å². The first kappa shape index (κ1) is 18.4. The van der Waals surface area contributed by atoms with Gasteiger partial charge in [-0.05, 0) is 33.9 Å². The number of ether oxygens (including phenoxy) is 1. The number of hydrogen-bond acceptors (Lipinski definition) is 5. The number of carbonyl (C=O) groups is 1. The van der Waals surface area contributed by atoms with Crippen molar-refractivity contribution < 1.29 is 9.53 Å². The molecule has 130 valence electrons. The Kier molecular flexibility index (Phi) is 6.34. The molecular formula is C18H25N3O2S. The maximum absolute atomic E-state index is 12.2. The minimum Gasteiger partial charge on any atom is -0.496 e. The van der Waals surface area contributed by atoms with E-state index in [0.29, 0.717) is 13.1 Å². The lowest BCUT2D eigenvalue weighted by atomic mass is 10.2. The van der Waals surface area contributed by atoms with Crippen LogP contribution in [0.1, 0.15) is 34.1 Å². The van der Waals surface area contributed by atoms with Gasteiger partial charge >= 0.3 is 0 Å². The molecular weight excluding hydrogens is 322 g/mol. The quantitative estimate of drug-likeness (QED) is 0.836. The summed E-state index contributed by atoms with van der Waals surface area (Å²) in [7, 11) is 3.58. The predicted molar refractivity (Wildman–Crippen MR) is 97.5 cm³/mol. The summed E-state index contributed by atoms with van der Waals surface area (Å²) < 4.78 is 5.30. The molecule has 0 aliphatic rings. The van der Waals surface area contributed by atoms with Gasteiger partial charge in [0.15, 0.2) is 0 Å². The van der Waals surface area contributed by atoms with Crippen LogP contribution in [-0.2, 0) is 11.3 Å². The van der Waals surface area contributed by atoms with E-state index in [0.717, 1.165) is 22.0 Å². The summed E-state index contributed by atoms with van der Waals surface area (Å²) in [6.07, 6.45) is 0. The standard InChI is InChI=1S/C18H25N3O2S/c1-12(18-13(2)24-14(3)20-18)21(4)11-17(22)19-10-15-8-6-7-9-16(15)23-5/h6-9,12H,10-11H2,1-5H3,(H,19,22). The molecule has 1 atom stereocenters. The van der Waals surface area contributed by atoms with Crippen LogP contribution in [-0.4, -0.2) is 36.5 Å². The highest BCUT2D eigenvalue weighted by molar-refractivity contribution is 7.11. The Hall–Kier alpha value is -1.92. The fourth-order valence-corrected chi connectivity index (χ4v) is 3.51. The van der Waals surface area contributed by atoms with E-state index in [1.54, 1.807) is 18.4 Å². The summed E-state index contributed by atoms with van der Waals surface area (Å²) in [5, 5.41) is 4.01. The molecule has 0 radical (unpaired) electrons. The molecule has 24 heavy (non-hydrogen) atoms. The fourth-order valence-electron chi connectivity index (χ4n) is 2.60. The number of para-hydroxylation sites is 1. The largest absolute Gasteiger partial charge is 0.496 e. The van der Waals surface area contributed by atoms with E-state index in [1.807, 2.05) is 43.1 Å². The van der Waals surface area contributed by atoms with Gasteiger partial charge < -0.3 is 10.1 Å². The third kappa shape index (κ3) is 4.55. The topological polar surface area (TPSA) is 54.5 Å². The van der Waals surface area contributed by atoms with Gasteiger partial charge in [0.25, 0.3) is 0 Å². The Labute approximate surface area is 147 Å². The number of aromatic nitrogens is 1. The monoisotopic (exact) mass is 347 g/mol. The van der Waals surface area contributed by atoms with Crippen molar-refractivity contribution in [2.45, 2.75) is 33.4 Å². The predicted octanol–water partition coefficient (Wildman–Crippen LogP) is 3.08. The maximum atomic E-state index is 12.2. The van der Waals surface area contributed by atoms with E-state index in [-0.39, 0.29) is 11.9 Å². The molecule has 0 fully saturated rings. The Morgan fingerprint density at radius 3 is 2.71 bits per heavy atom. The molecule has 0 aliphatic heterocycles. The van der Waals surface area contributed by atoms with Gasteiger partial charge in [-0.15, -0.1) is 11.3 Å². The second kappa shape index (κ2) is 8.26. The van der Waals surface area contributed by atoms with Crippen molar-refractivity contribution in [1.29, 1.82) is 0 Å². The van der Waals surface area contributed by atoms with Crippen LogP contribution < -0.4 is 10.1 Å². The van der Waals surface area contributed by atoms with Crippen LogP contribution in [0.25, 0.3) is 0 Å². The lowest BCUT2D eigenvalue weighted by Gasteiger charge is -2.23. The van der Waals surface area contributed by atoms with E-state index < -0.39 is 0 Å². The van der Waals surface area contributed by atoms with Crippen LogP contribution >= 0.6 is 11.3 Å². The number of hydrogen-bond donors (Lipinski definition) is 1. The molecule has 0 saturated carbocycles. The minimum absolute atomic E-state index is 0.0140. The maximum Gasteiger partial charge on any atom is 0.234 e. The van der Waals surface area contributed by atoms with Crippen LogP contribution in [0.15, 0.2) is 24.3 Å². The number of likely N-dealkylation sites (N-methyl/N-ethyl adjacent to an activating group) is 1. The molecule has 2 aromatic rings. The van der Waals surface area contributed by atoms with Gasteiger partial charge in [0, 0.05) is 17.0 Å². The van der Waals surface area contributed by atoms with Crippen LogP contribution in [0.2, 0.25) is 0 Å². The van der Waals surface area contributed by atoms with Crippen molar-refractivity contribution in [1.82, 2.24) is 15.2 Å². The fraction of sp³-hybridized carbons (Fsp3) is 0.444. The van der Waals surface area contributed by atoms with E-state index in [4.69, 9.17) is 4.74 Å². The number of benzene rings is 1. The van der Waals surface area contributed by atoms with Gasteiger partial charge in [0.1, 0.15) is 5.75 Å². The highest BCUT2D eigenvalue weighted by Gasteiger charge is 2.19. The number of carbonyl (C=O) groups excluding carboxylic acids is 1. The van der Waals surface area contributed by atoms with Crippen molar-refractivity contribution in [2.75, 3.05) is 20.7 Å². The molecule has 0 aliphatic carbocycles. The molecule has 0 spiro atoms. The molecule has 1 N–H and O–H groups in total. The highest BCUT2D eigenvalue weighted by Crippen LogP contribution is 2.25. The van der Waals surface area contributed by atoms with Crippen molar-refractivity contribution >= 4 is 17.2 Å². The highest BCUT2D eigenvalue weighted by atomic mass is 32.1. The second-order valence-corrected chi connectivity index (χ2v) is 7.26. The van der Waals surface area contributed by atoms with Crippen molar-refractivity contribution in [3.05, 3.63) is 45.4 Å². The molecule has 6 heteroatoms. The number of amides is 1. The third-order valence-corrected chi connectivity index (χ3v) is 4.96. The lowest BCUT2D eigenvalue weighted by Crippen LogP contribution is -2.36. The molecule has 1 aromatic carbocycles. The first-order valence-electron chi connectivity index (χ1n) is 7.95. The Morgan fingerprint density at radius 1 is 1.38 bits per heavy atom. The normalized spacial score (nSPS) is 12.2. The number of thiazole rings is 1. The van der Waals surface area contributed by atoms with Crippen molar-refractivity contribution in [3.63, 3.8) is 0 Å². The average Bonchev–Trinajstić information content (AvgIpc) is 2.90. The molecule has 1 aromatic heterocycles. The Bertz CT molecular complexity index is 699. The first-order valence-corrected chi connectivity index (χ1v) is 8.76. The van der Waals surface area contributed by atoms with Crippen LogP contribution in [0.5, 0.6) is 5.75 Å². The molecule has 2 rings (SSSR count). The molecule has 1 amide bonds. The lowest BCUT2D eigenvalue weighted by molar-refractivity contribution is -0.122. The van der Waals surface area contributed by atoms with Crippen LogP contribution in [0.3, 0.4) is 0 Å². The zero-order valence-electron chi connectivity index (χ0n) is 14.9. The summed E-state index contributed by atoms with van der Waals surface area (Å²) in [6, 6.07) is 7.80. The van der Waals surface area contributed by atoms with Gasteiger partial charge in [-0.25, -0.2) is 4.98 Å². The summed E-state index contributed by atoms with van der Waals surface area (Å²) in [6.45, 7) is 6.95. The number of aryl methyl sites for hydroxylation is 2. The molecule has 0 saturated heterocycles. The number of rotatable bonds is 7. The zero-order chi connectivity index (χ0) is 17.7. The SMILES string of the molecule is COc1ccccc1CNC(=O)CN(C)C(C)c1nc(C)sc1C. The average molecular weight is 347 g/mol. The second-order valence-electron chi connectivity index (χ2n) is 5.85. The summed E-state index contributed by atoms with van der Waals surface area (Å²) in [4.78, 5) is 20.0. The third-order valence-electron chi connectivity index (χ3n) is 4.06.